The molecule has 1 saturated carbocycles. The highest BCUT2D eigenvalue weighted by Gasteiger charge is 2.44. The molecule has 25 heavy (non-hydrogen) atoms. The van der Waals surface area contributed by atoms with Crippen molar-refractivity contribution < 1.29 is 24.2 Å². The van der Waals surface area contributed by atoms with Gasteiger partial charge < -0.3 is 14.6 Å². The maximum atomic E-state index is 12.2. The molecule has 1 saturated heterocycles. The van der Waals surface area contributed by atoms with Crippen LogP contribution in [0.15, 0.2) is 42.0 Å². The molecule has 0 radical (unpaired) electrons. The van der Waals surface area contributed by atoms with Crippen molar-refractivity contribution >= 4 is 11.9 Å². The second-order valence-corrected chi connectivity index (χ2v) is 6.94. The minimum atomic E-state index is -1.16. The third-order valence-electron chi connectivity index (χ3n) is 4.93. The van der Waals surface area contributed by atoms with E-state index in [4.69, 9.17) is 9.47 Å². The van der Waals surface area contributed by atoms with Crippen LogP contribution in [0, 0.1) is 5.92 Å². The third kappa shape index (κ3) is 4.28. The predicted octanol–water partition coefficient (Wildman–Crippen LogP) is 3.03. The number of esters is 2. The molecule has 1 unspecified atom stereocenters. The summed E-state index contributed by atoms with van der Waals surface area (Å²) >= 11 is 0. The molecule has 134 valence electrons. The van der Waals surface area contributed by atoms with E-state index >= 15 is 0 Å². The fourth-order valence-corrected chi connectivity index (χ4v) is 3.50. The van der Waals surface area contributed by atoms with Crippen molar-refractivity contribution in [3.8, 4) is 0 Å². The first-order valence-corrected chi connectivity index (χ1v) is 8.89. The number of carbonyl (C=O) groups is 2. The van der Waals surface area contributed by atoms with Crippen LogP contribution >= 0.6 is 0 Å². The number of cyclic esters (lactones) is 1. The highest BCUT2D eigenvalue weighted by molar-refractivity contribution is 5.92. The second-order valence-electron chi connectivity index (χ2n) is 6.94. The molecule has 1 aliphatic heterocycles. The number of allylic oxidation sites excluding steroid dienone is 1. The van der Waals surface area contributed by atoms with Crippen LogP contribution in [0.4, 0.5) is 0 Å². The molecule has 1 aliphatic carbocycles. The molecule has 3 rings (SSSR count). The lowest BCUT2D eigenvalue weighted by Crippen LogP contribution is -2.39. The van der Waals surface area contributed by atoms with Crippen molar-refractivity contribution in [3.63, 3.8) is 0 Å². The van der Waals surface area contributed by atoms with Gasteiger partial charge in [-0.15, -0.1) is 0 Å². The van der Waals surface area contributed by atoms with Crippen molar-refractivity contribution in [2.45, 2.75) is 44.1 Å². The molecule has 1 atom stereocenters. The summed E-state index contributed by atoms with van der Waals surface area (Å²) in [5.74, 6) is -0.498. The van der Waals surface area contributed by atoms with Crippen LogP contribution in [0.3, 0.4) is 0 Å². The molecule has 1 aromatic rings. The zero-order valence-electron chi connectivity index (χ0n) is 14.3. The number of aliphatic hydroxyl groups is 1. The summed E-state index contributed by atoms with van der Waals surface area (Å²) in [7, 11) is 0. The van der Waals surface area contributed by atoms with Crippen molar-refractivity contribution in [1.82, 2.24) is 0 Å². The summed E-state index contributed by atoms with van der Waals surface area (Å²) in [6.45, 7) is -0.520. The van der Waals surface area contributed by atoms with Crippen molar-refractivity contribution in [1.29, 1.82) is 0 Å². The van der Waals surface area contributed by atoms with Crippen molar-refractivity contribution in [3.05, 3.63) is 47.5 Å². The van der Waals surface area contributed by atoms with Crippen LogP contribution in [-0.4, -0.2) is 35.9 Å². The van der Waals surface area contributed by atoms with Gasteiger partial charge in [-0.1, -0.05) is 43.5 Å². The van der Waals surface area contributed by atoms with E-state index in [1.165, 1.54) is 19.3 Å². The average Bonchev–Trinajstić information content (AvgIpc) is 2.97. The van der Waals surface area contributed by atoms with Gasteiger partial charge in [-0.2, -0.15) is 0 Å². The van der Waals surface area contributed by atoms with E-state index in [2.05, 4.69) is 0 Å². The molecule has 1 N–H and O–H groups in total. The Kier molecular flexibility index (Phi) is 5.53. The molecule has 5 nitrogen and oxygen atoms in total. The first-order valence-electron chi connectivity index (χ1n) is 8.89. The summed E-state index contributed by atoms with van der Waals surface area (Å²) in [5, 5.41) is 9.75. The summed E-state index contributed by atoms with van der Waals surface area (Å²) < 4.78 is 10.7. The smallest absolute Gasteiger partial charge is 0.338 e. The Morgan fingerprint density at radius 2 is 1.96 bits per heavy atom. The molecule has 0 amide bonds. The van der Waals surface area contributed by atoms with E-state index in [-0.39, 0.29) is 19.6 Å². The summed E-state index contributed by atoms with van der Waals surface area (Å²) in [6, 6.07) is 8.62. The molecule has 2 aliphatic rings. The van der Waals surface area contributed by atoms with E-state index in [0.29, 0.717) is 17.1 Å². The van der Waals surface area contributed by atoms with E-state index in [1.807, 2.05) is 12.1 Å². The van der Waals surface area contributed by atoms with Crippen LogP contribution in [0.1, 0.15) is 48.9 Å². The van der Waals surface area contributed by atoms with Gasteiger partial charge in [-0.05, 0) is 30.9 Å². The largest absolute Gasteiger partial charge is 0.458 e. The highest BCUT2D eigenvalue weighted by Crippen LogP contribution is 2.34. The first kappa shape index (κ1) is 17.7. The monoisotopic (exact) mass is 344 g/mol. The molecule has 5 heteroatoms. The fraction of sp³-hybridized carbons (Fsp3) is 0.500. The van der Waals surface area contributed by atoms with Gasteiger partial charge in [0.2, 0.25) is 0 Å². The van der Waals surface area contributed by atoms with Gasteiger partial charge in [0.25, 0.3) is 0 Å². The molecular weight excluding hydrogens is 320 g/mol. The summed E-state index contributed by atoms with van der Waals surface area (Å²) in [6.07, 6.45) is 8.07. The standard InChI is InChI=1S/C20H24O5/c21-13-20(14-24-18(22)16-9-5-2-6-10-16)12-17(19(23)25-20)11-15-7-3-1-4-8-15/h2,5-6,9-11,15,21H,1,3-4,7-8,12-14H2/b17-11+. The lowest BCUT2D eigenvalue weighted by molar-refractivity contribution is -0.154. The van der Waals surface area contributed by atoms with Crippen LogP contribution in [-0.2, 0) is 14.3 Å². The number of aliphatic hydroxyl groups excluding tert-OH is 1. The Labute approximate surface area is 147 Å². The Morgan fingerprint density at radius 1 is 1.24 bits per heavy atom. The number of rotatable bonds is 5. The maximum Gasteiger partial charge on any atom is 0.338 e. The minimum Gasteiger partial charge on any atom is -0.458 e. The minimum absolute atomic E-state index is 0.148. The van der Waals surface area contributed by atoms with E-state index in [0.717, 1.165) is 12.8 Å². The second kappa shape index (κ2) is 7.83. The summed E-state index contributed by atoms with van der Waals surface area (Å²) in [4.78, 5) is 24.3. The van der Waals surface area contributed by atoms with Crippen LogP contribution < -0.4 is 0 Å². The zero-order chi connectivity index (χ0) is 17.7. The third-order valence-corrected chi connectivity index (χ3v) is 4.93. The quantitative estimate of drug-likeness (QED) is 0.656. The van der Waals surface area contributed by atoms with E-state index < -0.39 is 17.5 Å². The topological polar surface area (TPSA) is 72.8 Å². The van der Waals surface area contributed by atoms with Crippen LogP contribution in [0.25, 0.3) is 0 Å². The number of carbonyl (C=O) groups excluding carboxylic acids is 2. The van der Waals surface area contributed by atoms with Gasteiger partial charge >= 0.3 is 11.9 Å². The molecule has 0 bridgehead atoms. The first-order chi connectivity index (χ1) is 12.1. The van der Waals surface area contributed by atoms with E-state index in [9.17, 15) is 14.7 Å². The Bertz CT molecular complexity index is 645. The molecule has 1 aromatic carbocycles. The Balaban J connectivity index is 1.64. The average molecular weight is 344 g/mol. The molecular formula is C20H24O5. The molecule has 0 spiro atoms. The lowest BCUT2D eigenvalue weighted by Gasteiger charge is -2.24. The highest BCUT2D eigenvalue weighted by atomic mass is 16.6. The molecule has 0 aromatic heterocycles. The molecule has 1 heterocycles. The SMILES string of the molecule is O=C1OC(CO)(COC(=O)c2ccccc2)C/C1=C\C1CCCCC1. The zero-order valence-corrected chi connectivity index (χ0v) is 14.3. The van der Waals surface area contributed by atoms with Crippen molar-refractivity contribution in [2.24, 2.45) is 5.92 Å². The Hall–Kier alpha value is -2.14. The predicted molar refractivity (Wildman–Crippen MR) is 91.9 cm³/mol. The van der Waals surface area contributed by atoms with Gasteiger partial charge in [-0.3, -0.25) is 0 Å². The van der Waals surface area contributed by atoms with Gasteiger partial charge in [0.15, 0.2) is 5.60 Å². The number of hydrogen-bond donors (Lipinski definition) is 1. The number of ether oxygens (including phenoxy) is 2. The lowest BCUT2D eigenvalue weighted by atomic mass is 9.86. The van der Waals surface area contributed by atoms with Gasteiger partial charge in [0.05, 0.1) is 12.2 Å². The van der Waals surface area contributed by atoms with E-state index in [1.54, 1.807) is 24.3 Å². The van der Waals surface area contributed by atoms with Crippen LogP contribution in [0.2, 0.25) is 0 Å². The maximum absolute atomic E-state index is 12.2. The van der Waals surface area contributed by atoms with Crippen molar-refractivity contribution in [2.75, 3.05) is 13.2 Å². The number of hydrogen-bond acceptors (Lipinski definition) is 5. The molecule has 2 fully saturated rings. The summed E-state index contributed by atoms with van der Waals surface area (Å²) in [5.41, 5.74) is -0.142. The normalized spacial score (nSPS) is 25.8. The van der Waals surface area contributed by atoms with Crippen LogP contribution in [0.5, 0.6) is 0 Å². The van der Waals surface area contributed by atoms with Gasteiger partial charge in [0, 0.05) is 12.0 Å². The fourth-order valence-electron chi connectivity index (χ4n) is 3.50. The Morgan fingerprint density at radius 3 is 2.64 bits per heavy atom. The van der Waals surface area contributed by atoms with Gasteiger partial charge in [-0.25, -0.2) is 9.59 Å². The number of benzene rings is 1. The van der Waals surface area contributed by atoms with Gasteiger partial charge in [0.1, 0.15) is 6.61 Å².